The molecule has 4 heteroatoms. The number of pyridine rings is 1. The van der Waals surface area contributed by atoms with E-state index in [0.717, 1.165) is 30.3 Å². The molecule has 20 heavy (non-hydrogen) atoms. The van der Waals surface area contributed by atoms with E-state index >= 15 is 0 Å². The fraction of sp³-hybridized carbons (Fsp3) is 0.438. The summed E-state index contributed by atoms with van der Waals surface area (Å²) >= 11 is 0. The van der Waals surface area contributed by atoms with Crippen LogP contribution in [0.2, 0.25) is 0 Å². The lowest BCUT2D eigenvalue weighted by Gasteiger charge is -2.26. The van der Waals surface area contributed by atoms with Gasteiger partial charge in [-0.1, -0.05) is 26.7 Å². The van der Waals surface area contributed by atoms with E-state index in [1.807, 2.05) is 25.3 Å². The number of aromatic nitrogens is 2. The standard InChI is InChI=1S/C16H21N3O/c1-3-4-6-16(2,7-8-17)14(20)13-10-12-5-9-18-15(12)19-11-13/h5,8-11,17H,3-4,6-7H2,1-2H3,(H,18,19). The molecule has 0 aromatic carbocycles. The molecule has 2 rings (SSSR count). The van der Waals surface area contributed by atoms with Crippen LogP contribution in [-0.2, 0) is 0 Å². The average molecular weight is 271 g/mol. The highest BCUT2D eigenvalue weighted by atomic mass is 16.1. The highest BCUT2D eigenvalue weighted by Crippen LogP contribution is 2.32. The quantitative estimate of drug-likeness (QED) is 0.590. The monoisotopic (exact) mass is 271 g/mol. The van der Waals surface area contributed by atoms with E-state index in [4.69, 9.17) is 5.41 Å². The highest BCUT2D eigenvalue weighted by Gasteiger charge is 2.32. The van der Waals surface area contributed by atoms with Gasteiger partial charge in [-0.15, -0.1) is 0 Å². The molecule has 0 radical (unpaired) electrons. The van der Waals surface area contributed by atoms with Gasteiger partial charge in [0.25, 0.3) is 0 Å². The molecule has 0 amide bonds. The summed E-state index contributed by atoms with van der Waals surface area (Å²) in [4.78, 5) is 20.1. The summed E-state index contributed by atoms with van der Waals surface area (Å²) in [6.07, 6.45) is 8.14. The van der Waals surface area contributed by atoms with Crippen LogP contribution in [0.4, 0.5) is 0 Å². The molecule has 4 nitrogen and oxygen atoms in total. The Kier molecular flexibility index (Phi) is 4.32. The Morgan fingerprint density at radius 1 is 1.55 bits per heavy atom. The molecule has 2 aromatic heterocycles. The van der Waals surface area contributed by atoms with Crippen molar-refractivity contribution >= 4 is 23.0 Å². The molecule has 1 atom stereocenters. The number of Topliss-reactive ketones (excluding diaryl/α,β-unsaturated/α-hetero) is 1. The summed E-state index contributed by atoms with van der Waals surface area (Å²) in [5, 5.41) is 8.31. The first-order chi connectivity index (χ1) is 9.60. The third-order valence-corrected chi connectivity index (χ3v) is 3.85. The zero-order valence-electron chi connectivity index (χ0n) is 12.1. The van der Waals surface area contributed by atoms with Gasteiger partial charge in [0.15, 0.2) is 5.78 Å². The van der Waals surface area contributed by atoms with Crippen LogP contribution in [0.3, 0.4) is 0 Å². The molecule has 0 aliphatic heterocycles. The summed E-state index contributed by atoms with van der Waals surface area (Å²) in [5.41, 5.74) is 0.935. The number of unbranched alkanes of at least 4 members (excludes halogenated alkanes) is 1. The number of aromatic amines is 1. The number of rotatable bonds is 7. The number of nitrogens with zero attached hydrogens (tertiary/aromatic N) is 1. The van der Waals surface area contributed by atoms with E-state index in [9.17, 15) is 4.79 Å². The van der Waals surface area contributed by atoms with E-state index in [2.05, 4.69) is 16.9 Å². The minimum atomic E-state index is -0.497. The van der Waals surface area contributed by atoms with Crippen molar-refractivity contribution in [1.82, 2.24) is 9.97 Å². The van der Waals surface area contributed by atoms with Crippen LogP contribution in [-0.4, -0.2) is 22.0 Å². The van der Waals surface area contributed by atoms with Gasteiger partial charge in [-0.25, -0.2) is 4.98 Å². The second kappa shape index (κ2) is 5.99. The number of hydrogen-bond acceptors (Lipinski definition) is 3. The van der Waals surface area contributed by atoms with Crippen molar-refractivity contribution in [2.75, 3.05) is 0 Å². The molecule has 2 N–H and O–H groups in total. The summed E-state index contributed by atoms with van der Waals surface area (Å²) in [6.45, 7) is 4.07. The Labute approximate surface area is 119 Å². The molecular formula is C16H21N3O. The Hall–Kier alpha value is -1.97. The molecule has 0 saturated heterocycles. The van der Waals surface area contributed by atoms with Crippen molar-refractivity contribution in [1.29, 1.82) is 5.41 Å². The topological polar surface area (TPSA) is 69.6 Å². The minimum absolute atomic E-state index is 0.0880. The number of ketones is 1. The summed E-state index contributed by atoms with van der Waals surface area (Å²) in [7, 11) is 0. The molecule has 0 saturated carbocycles. The number of carbonyl (C=O) groups is 1. The summed E-state index contributed by atoms with van der Waals surface area (Å²) < 4.78 is 0. The van der Waals surface area contributed by atoms with Crippen LogP contribution >= 0.6 is 0 Å². The number of fused-ring (bicyclic) bond motifs is 1. The maximum Gasteiger partial charge on any atom is 0.170 e. The van der Waals surface area contributed by atoms with E-state index in [-0.39, 0.29) is 5.78 Å². The first-order valence-electron chi connectivity index (χ1n) is 7.07. The molecule has 0 spiro atoms. The molecule has 0 aliphatic rings. The van der Waals surface area contributed by atoms with Gasteiger partial charge in [-0.05, 0) is 31.2 Å². The molecular weight excluding hydrogens is 250 g/mol. The predicted octanol–water partition coefficient (Wildman–Crippen LogP) is 3.98. The average Bonchev–Trinajstić information content (AvgIpc) is 2.92. The third-order valence-electron chi connectivity index (χ3n) is 3.85. The van der Waals surface area contributed by atoms with Crippen LogP contribution in [0.15, 0.2) is 24.5 Å². The SMILES string of the molecule is CCCCC(C)(CC=N)C(=O)c1cnc2[nH]ccc2c1. The van der Waals surface area contributed by atoms with E-state index in [1.54, 1.807) is 6.20 Å². The zero-order chi connectivity index (χ0) is 14.6. The predicted molar refractivity (Wildman–Crippen MR) is 81.5 cm³/mol. The highest BCUT2D eigenvalue weighted by molar-refractivity contribution is 6.03. The van der Waals surface area contributed by atoms with Gasteiger partial charge >= 0.3 is 0 Å². The van der Waals surface area contributed by atoms with Crippen LogP contribution in [0.1, 0.15) is 49.9 Å². The number of carbonyl (C=O) groups excluding carboxylic acids is 1. The van der Waals surface area contributed by atoms with Crippen LogP contribution < -0.4 is 0 Å². The van der Waals surface area contributed by atoms with Gasteiger partial charge in [0, 0.05) is 28.8 Å². The fourth-order valence-corrected chi connectivity index (χ4v) is 2.51. The Morgan fingerprint density at radius 2 is 2.35 bits per heavy atom. The number of nitrogens with one attached hydrogen (secondary N) is 2. The molecule has 0 fully saturated rings. The number of H-pyrrole nitrogens is 1. The third kappa shape index (κ3) is 2.79. The second-order valence-electron chi connectivity index (χ2n) is 5.54. The lowest BCUT2D eigenvalue weighted by atomic mass is 9.76. The Bertz CT molecular complexity index is 617. The van der Waals surface area contributed by atoms with Gasteiger partial charge in [0.1, 0.15) is 5.65 Å². The Morgan fingerprint density at radius 3 is 3.05 bits per heavy atom. The zero-order valence-corrected chi connectivity index (χ0v) is 12.1. The smallest absolute Gasteiger partial charge is 0.170 e. The van der Waals surface area contributed by atoms with E-state index in [0.29, 0.717) is 12.0 Å². The van der Waals surface area contributed by atoms with Crippen molar-refractivity contribution in [2.24, 2.45) is 5.41 Å². The maximum atomic E-state index is 12.8. The van der Waals surface area contributed by atoms with Crippen LogP contribution in [0.25, 0.3) is 11.0 Å². The maximum absolute atomic E-state index is 12.8. The van der Waals surface area contributed by atoms with Gasteiger partial charge in [-0.2, -0.15) is 0 Å². The Balaban J connectivity index is 2.32. The fourth-order valence-electron chi connectivity index (χ4n) is 2.51. The van der Waals surface area contributed by atoms with Crippen molar-refractivity contribution in [3.8, 4) is 0 Å². The normalized spacial score (nSPS) is 14.1. The molecule has 2 aromatic rings. The van der Waals surface area contributed by atoms with Crippen molar-refractivity contribution in [2.45, 2.75) is 39.5 Å². The molecule has 0 bridgehead atoms. The molecule has 2 heterocycles. The summed E-state index contributed by atoms with van der Waals surface area (Å²) in [6, 6.07) is 3.80. The van der Waals surface area contributed by atoms with Crippen LogP contribution in [0, 0.1) is 10.8 Å². The molecule has 0 aliphatic carbocycles. The molecule has 106 valence electrons. The second-order valence-corrected chi connectivity index (χ2v) is 5.54. The minimum Gasteiger partial charge on any atom is -0.346 e. The van der Waals surface area contributed by atoms with Crippen LogP contribution in [0.5, 0.6) is 0 Å². The molecule has 1 unspecified atom stereocenters. The van der Waals surface area contributed by atoms with Gasteiger partial charge < -0.3 is 10.4 Å². The van der Waals surface area contributed by atoms with Gasteiger partial charge in [0.2, 0.25) is 0 Å². The lowest BCUT2D eigenvalue weighted by Crippen LogP contribution is -2.28. The van der Waals surface area contributed by atoms with E-state index < -0.39 is 5.41 Å². The van der Waals surface area contributed by atoms with Crippen molar-refractivity contribution < 1.29 is 4.79 Å². The van der Waals surface area contributed by atoms with Crippen molar-refractivity contribution in [3.63, 3.8) is 0 Å². The lowest BCUT2D eigenvalue weighted by molar-refractivity contribution is 0.0808. The van der Waals surface area contributed by atoms with Gasteiger partial charge in [0.05, 0.1) is 0 Å². The summed E-state index contributed by atoms with van der Waals surface area (Å²) in [5.74, 6) is 0.0880. The van der Waals surface area contributed by atoms with E-state index in [1.165, 1.54) is 6.21 Å². The number of hydrogen-bond donors (Lipinski definition) is 2. The van der Waals surface area contributed by atoms with Gasteiger partial charge in [-0.3, -0.25) is 4.79 Å². The largest absolute Gasteiger partial charge is 0.346 e. The first kappa shape index (κ1) is 14.4. The van der Waals surface area contributed by atoms with Crippen molar-refractivity contribution in [3.05, 3.63) is 30.1 Å². The first-order valence-corrected chi connectivity index (χ1v) is 7.07.